The highest BCUT2D eigenvalue weighted by molar-refractivity contribution is 6.35. The first-order valence-electron chi connectivity index (χ1n) is 14.1. The number of hydrogen-bond donors (Lipinski definition) is 2. The summed E-state index contributed by atoms with van der Waals surface area (Å²) in [4.78, 5) is 19.6. The molecule has 218 valence electrons. The molecular formula is C35H30Cl2N2O4. The summed E-state index contributed by atoms with van der Waals surface area (Å²) in [6, 6.07) is 28.2. The summed E-state index contributed by atoms with van der Waals surface area (Å²) in [5.74, 6) is 0.655. The Kier molecular flexibility index (Phi) is 8.26. The first-order chi connectivity index (χ1) is 20.9. The second-order valence-corrected chi connectivity index (χ2v) is 11.4. The molecule has 2 atom stereocenters. The molecule has 6 rings (SSSR count). The molecular weight excluding hydrogens is 583 g/mol. The number of nitrogens with one attached hydrogen (secondary N) is 1. The average Bonchev–Trinajstić information content (AvgIpc) is 3.55. The van der Waals surface area contributed by atoms with Crippen LogP contribution in [-0.2, 0) is 9.53 Å². The number of aliphatic imine (C=N–C) groups is 1. The highest BCUT2D eigenvalue weighted by atomic mass is 35.5. The maximum absolute atomic E-state index is 14.6. The maximum atomic E-state index is 14.6. The number of hydrogen-bond acceptors (Lipinski definition) is 5. The van der Waals surface area contributed by atoms with Gasteiger partial charge in [-0.25, -0.2) is 4.99 Å². The predicted molar refractivity (Wildman–Crippen MR) is 170 cm³/mol. The molecule has 4 aromatic rings. The van der Waals surface area contributed by atoms with Crippen LogP contribution in [0.1, 0.15) is 47.2 Å². The van der Waals surface area contributed by atoms with Crippen molar-refractivity contribution in [3.8, 4) is 16.9 Å². The van der Waals surface area contributed by atoms with Gasteiger partial charge in [0.1, 0.15) is 5.75 Å². The van der Waals surface area contributed by atoms with Crippen LogP contribution >= 0.6 is 23.2 Å². The lowest BCUT2D eigenvalue weighted by Gasteiger charge is -2.31. The van der Waals surface area contributed by atoms with E-state index in [1.54, 1.807) is 24.3 Å². The summed E-state index contributed by atoms with van der Waals surface area (Å²) in [6.07, 6.45) is 1.57. The van der Waals surface area contributed by atoms with Crippen LogP contribution in [0.4, 0.5) is 0 Å². The molecule has 1 aliphatic carbocycles. The SMILES string of the molecule is C=CC[C@@]1(C(=O)NC2c3ccccc3-c3ccccc32)N=C(c2ccc(OCCCO)cc2)O[C@@H]1c1ccc(Cl)cc1Cl. The third kappa shape index (κ3) is 5.42. The number of amides is 1. The van der Waals surface area contributed by atoms with Crippen molar-refractivity contribution < 1.29 is 19.4 Å². The first kappa shape index (κ1) is 29.0. The normalized spacial score (nSPS) is 18.8. The number of fused-ring (bicyclic) bond motifs is 3. The van der Waals surface area contributed by atoms with E-state index >= 15 is 0 Å². The zero-order valence-corrected chi connectivity index (χ0v) is 24.8. The Bertz CT molecular complexity index is 1660. The Morgan fingerprint density at radius 3 is 2.28 bits per heavy atom. The Morgan fingerprint density at radius 2 is 1.65 bits per heavy atom. The van der Waals surface area contributed by atoms with Crippen molar-refractivity contribution in [3.63, 3.8) is 0 Å². The molecule has 0 radical (unpaired) electrons. The standard InChI is InChI=1S/C35H30Cl2N2O4/c1-2-18-35(34(41)38-31-27-10-5-3-8-25(27)26-9-4-6-11-28(26)31)32(29-17-14-23(36)21-30(29)37)43-33(39-35)22-12-15-24(16-13-22)42-20-7-19-40/h2-6,8-17,21,31-32,40H,1,7,18-20H2,(H,38,41)/t32-,35-/m1/s1. The number of rotatable bonds is 10. The van der Waals surface area contributed by atoms with Gasteiger partial charge in [-0.1, -0.05) is 83.9 Å². The van der Waals surface area contributed by atoms with Crippen molar-refractivity contribution in [1.29, 1.82) is 0 Å². The molecule has 0 spiro atoms. The van der Waals surface area contributed by atoms with E-state index in [1.807, 2.05) is 60.7 Å². The Balaban J connectivity index is 1.41. The third-order valence-corrected chi connectivity index (χ3v) is 8.40. The fourth-order valence-corrected chi connectivity index (χ4v) is 6.30. The number of aliphatic hydroxyl groups is 1. The molecule has 6 nitrogen and oxygen atoms in total. The summed E-state index contributed by atoms with van der Waals surface area (Å²) >= 11 is 13.0. The number of ether oxygens (including phenoxy) is 2. The molecule has 2 aliphatic rings. The average molecular weight is 614 g/mol. The van der Waals surface area contributed by atoms with Gasteiger partial charge in [-0.05, 0) is 58.7 Å². The summed E-state index contributed by atoms with van der Waals surface area (Å²) < 4.78 is 12.2. The zero-order valence-electron chi connectivity index (χ0n) is 23.3. The monoisotopic (exact) mass is 612 g/mol. The number of carbonyl (C=O) groups excluding carboxylic acids is 1. The van der Waals surface area contributed by atoms with Crippen LogP contribution in [0.3, 0.4) is 0 Å². The van der Waals surface area contributed by atoms with Gasteiger partial charge in [0.25, 0.3) is 5.91 Å². The minimum atomic E-state index is -1.41. The molecule has 43 heavy (non-hydrogen) atoms. The van der Waals surface area contributed by atoms with Gasteiger partial charge in [0, 0.05) is 40.6 Å². The molecule has 0 saturated carbocycles. The molecule has 0 fully saturated rings. The second kappa shape index (κ2) is 12.3. The lowest BCUT2D eigenvalue weighted by molar-refractivity contribution is -0.129. The maximum Gasteiger partial charge on any atom is 0.253 e. The van der Waals surface area contributed by atoms with E-state index in [9.17, 15) is 4.79 Å². The smallest absolute Gasteiger partial charge is 0.253 e. The van der Waals surface area contributed by atoms with E-state index in [4.69, 9.17) is 42.8 Å². The first-order valence-corrected chi connectivity index (χ1v) is 14.9. The number of nitrogens with zero attached hydrogens (tertiary/aromatic N) is 1. The van der Waals surface area contributed by atoms with Crippen LogP contribution in [0.25, 0.3) is 11.1 Å². The Hall–Kier alpha value is -4.10. The summed E-state index contributed by atoms with van der Waals surface area (Å²) in [6.45, 7) is 4.43. The number of halogens is 2. The molecule has 0 unspecified atom stereocenters. The van der Waals surface area contributed by atoms with Crippen molar-refractivity contribution in [2.24, 2.45) is 4.99 Å². The van der Waals surface area contributed by atoms with Gasteiger partial charge in [0.15, 0.2) is 11.6 Å². The van der Waals surface area contributed by atoms with E-state index < -0.39 is 11.6 Å². The van der Waals surface area contributed by atoms with Crippen LogP contribution in [0.15, 0.2) is 109 Å². The van der Waals surface area contributed by atoms with Crippen molar-refractivity contribution in [1.82, 2.24) is 5.32 Å². The molecule has 1 heterocycles. The van der Waals surface area contributed by atoms with Crippen LogP contribution in [-0.4, -0.2) is 35.7 Å². The summed E-state index contributed by atoms with van der Waals surface area (Å²) in [5, 5.41) is 13.2. The summed E-state index contributed by atoms with van der Waals surface area (Å²) in [5.41, 5.74) is 4.09. The molecule has 1 aliphatic heterocycles. The number of benzene rings is 4. The van der Waals surface area contributed by atoms with Crippen molar-refractivity contribution in [2.45, 2.75) is 30.5 Å². The molecule has 2 N–H and O–H groups in total. The van der Waals surface area contributed by atoms with Crippen molar-refractivity contribution >= 4 is 35.0 Å². The van der Waals surface area contributed by atoms with Gasteiger partial charge in [0.05, 0.1) is 12.6 Å². The molecule has 8 heteroatoms. The topological polar surface area (TPSA) is 80.2 Å². The van der Waals surface area contributed by atoms with E-state index in [1.165, 1.54) is 0 Å². The van der Waals surface area contributed by atoms with E-state index in [2.05, 4.69) is 24.0 Å². The molecule has 0 bridgehead atoms. The fraction of sp³-hybridized carbons (Fsp3) is 0.200. The van der Waals surface area contributed by atoms with Crippen LogP contribution in [0.5, 0.6) is 5.75 Å². The molecule has 1 amide bonds. The van der Waals surface area contributed by atoms with Gasteiger partial charge in [-0.2, -0.15) is 0 Å². The van der Waals surface area contributed by atoms with Crippen molar-refractivity contribution in [2.75, 3.05) is 13.2 Å². The van der Waals surface area contributed by atoms with Crippen molar-refractivity contribution in [3.05, 3.63) is 136 Å². The lowest BCUT2D eigenvalue weighted by atomic mass is 9.84. The molecule has 4 aromatic carbocycles. The highest BCUT2D eigenvalue weighted by Gasteiger charge is 2.54. The van der Waals surface area contributed by atoms with Crippen LogP contribution in [0, 0.1) is 0 Å². The number of aliphatic hydroxyl groups excluding tert-OH is 1. The van der Waals surface area contributed by atoms with Gasteiger partial charge < -0.3 is 19.9 Å². The Morgan fingerprint density at radius 1 is 0.977 bits per heavy atom. The highest BCUT2D eigenvalue weighted by Crippen LogP contribution is 2.47. The van der Waals surface area contributed by atoms with Gasteiger partial charge in [-0.15, -0.1) is 6.58 Å². The predicted octanol–water partition coefficient (Wildman–Crippen LogP) is 7.47. The fourth-order valence-electron chi connectivity index (χ4n) is 5.79. The quantitative estimate of drug-likeness (QED) is 0.144. The van der Waals surface area contributed by atoms with Crippen LogP contribution < -0.4 is 10.1 Å². The molecule has 0 saturated heterocycles. The van der Waals surface area contributed by atoms with E-state index in [0.717, 1.165) is 22.3 Å². The van der Waals surface area contributed by atoms with E-state index in [0.29, 0.717) is 45.8 Å². The van der Waals surface area contributed by atoms with Gasteiger partial charge >= 0.3 is 0 Å². The lowest BCUT2D eigenvalue weighted by Crippen LogP contribution is -2.49. The molecule has 0 aromatic heterocycles. The Labute approximate surface area is 260 Å². The summed E-state index contributed by atoms with van der Waals surface area (Å²) in [7, 11) is 0. The van der Waals surface area contributed by atoms with E-state index in [-0.39, 0.29) is 25.0 Å². The second-order valence-electron chi connectivity index (χ2n) is 10.5. The number of carbonyl (C=O) groups is 1. The largest absolute Gasteiger partial charge is 0.494 e. The minimum absolute atomic E-state index is 0.0584. The van der Waals surface area contributed by atoms with Gasteiger partial charge in [-0.3, -0.25) is 4.79 Å². The zero-order chi connectivity index (χ0) is 30.0. The minimum Gasteiger partial charge on any atom is -0.494 e. The van der Waals surface area contributed by atoms with Crippen LogP contribution in [0.2, 0.25) is 10.0 Å². The van der Waals surface area contributed by atoms with Gasteiger partial charge in [0.2, 0.25) is 5.90 Å². The third-order valence-electron chi connectivity index (χ3n) is 7.84.